The summed E-state index contributed by atoms with van der Waals surface area (Å²) in [6.07, 6.45) is 6.73. The van der Waals surface area contributed by atoms with Crippen molar-refractivity contribution >= 4 is 0 Å². The van der Waals surface area contributed by atoms with Crippen molar-refractivity contribution in [1.82, 2.24) is 9.78 Å². The molecule has 2 rings (SSSR count). The molecule has 0 aliphatic heterocycles. The third-order valence-corrected chi connectivity index (χ3v) is 2.25. The molecule has 0 aliphatic rings. The minimum absolute atomic E-state index is 0.831. The number of hydrogen-bond acceptors (Lipinski definition) is 1. The molecule has 0 amide bonds. The maximum atomic E-state index is 4.30. The molecule has 0 fully saturated rings. The first-order chi connectivity index (χ1) is 7.38. The van der Waals surface area contributed by atoms with E-state index in [-0.39, 0.29) is 0 Å². The average Bonchev–Trinajstić information content (AvgIpc) is 2.68. The molecule has 2 heteroatoms. The second-order valence-corrected chi connectivity index (χ2v) is 3.52. The van der Waals surface area contributed by atoms with E-state index in [4.69, 9.17) is 0 Å². The lowest BCUT2D eigenvalue weighted by atomic mass is 10.2. The Bertz CT molecular complexity index is 429. The lowest BCUT2D eigenvalue weighted by molar-refractivity contribution is 0.686. The second kappa shape index (κ2) is 4.60. The van der Waals surface area contributed by atoms with Crippen molar-refractivity contribution in [1.29, 1.82) is 0 Å². The standard InChI is InChI=1S/C13H14N2/c1-2-6-13-9-14-15(11-13)10-12-7-4-3-5-8-12/h2-5,7-9,11H,1,6,10H2. The molecule has 0 saturated heterocycles. The minimum Gasteiger partial charge on any atom is -0.268 e. The smallest absolute Gasteiger partial charge is 0.0659 e. The van der Waals surface area contributed by atoms with Gasteiger partial charge in [0.1, 0.15) is 0 Å². The Hall–Kier alpha value is -1.83. The molecule has 15 heavy (non-hydrogen) atoms. The zero-order chi connectivity index (χ0) is 10.5. The van der Waals surface area contributed by atoms with Gasteiger partial charge in [0, 0.05) is 6.20 Å². The van der Waals surface area contributed by atoms with Crippen LogP contribution in [0.2, 0.25) is 0 Å². The molecular weight excluding hydrogens is 184 g/mol. The van der Waals surface area contributed by atoms with Gasteiger partial charge >= 0.3 is 0 Å². The third kappa shape index (κ3) is 2.56. The van der Waals surface area contributed by atoms with E-state index < -0.39 is 0 Å². The topological polar surface area (TPSA) is 17.8 Å². The molecule has 0 atom stereocenters. The fourth-order valence-electron chi connectivity index (χ4n) is 1.54. The fourth-order valence-corrected chi connectivity index (χ4v) is 1.54. The van der Waals surface area contributed by atoms with Crippen LogP contribution < -0.4 is 0 Å². The largest absolute Gasteiger partial charge is 0.268 e. The molecular formula is C13H14N2. The van der Waals surface area contributed by atoms with Gasteiger partial charge in [0.05, 0.1) is 12.7 Å². The van der Waals surface area contributed by atoms with Crippen LogP contribution in [0.3, 0.4) is 0 Å². The molecule has 1 aromatic heterocycles. The average molecular weight is 198 g/mol. The molecule has 2 aromatic rings. The van der Waals surface area contributed by atoms with Crippen LogP contribution in [0.5, 0.6) is 0 Å². The van der Waals surface area contributed by atoms with E-state index in [9.17, 15) is 0 Å². The van der Waals surface area contributed by atoms with E-state index in [0.29, 0.717) is 0 Å². The number of nitrogens with zero attached hydrogens (tertiary/aromatic N) is 2. The van der Waals surface area contributed by atoms with Crippen molar-refractivity contribution in [2.24, 2.45) is 0 Å². The summed E-state index contributed by atoms with van der Waals surface area (Å²) in [5, 5.41) is 4.30. The highest BCUT2D eigenvalue weighted by atomic mass is 15.3. The number of benzene rings is 1. The van der Waals surface area contributed by atoms with Crippen LogP contribution in [-0.4, -0.2) is 9.78 Å². The van der Waals surface area contributed by atoms with Crippen LogP contribution in [0.15, 0.2) is 55.4 Å². The number of aromatic nitrogens is 2. The Morgan fingerprint density at radius 3 is 2.73 bits per heavy atom. The molecule has 2 nitrogen and oxygen atoms in total. The van der Waals surface area contributed by atoms with Crippen molar-refractivity contribution < 1.29 is 0 Å². The van der Waals surface area contributed by atoms with E-state index >= 15 is 0 Å². The lowest BCUT2D eigenvalue weighted by Gasteiger charge is -2.00. The molecule has 0 radical (unpaired) electrons. The molecule has 76 valence electrons. The first kappa shape index (κ1) is 9.71. The highest BCUT2D eigenvalue weighted by Gasteiger charge is 1.97. The minimum atomic E-state index is 0.831. The number of rotatable bonds is 4. The highest BCUT2D eigenvalue weighted by Crippen LogP contribution is 2.04. The molecule has 0 aliphatic carbocycles. The van der Waals surface area contributed by atoms with Gasteiger partial charge in [-0.25, -0.2) is 0 Å². The van der Waals surface area contributed by atoms with Gasteiger partial charge in [0.2, 0.25) is 0 Å². The van der Waals surface area contributed by atoms with Gasteiger partial charge in [0.25, 0.3) is 0 Å². The van der Waals surface area contributed by atoms with Gasteiger partial charge in [-0.15, -0.1) is 6.58 Å². The summed E-state index contributed by atoms with van der Waals surface area (Å²) >= 11 is 0. The van der Waals surface area contributed by atoms with Gasteiger partial charge in [-0.1, -0.05) is 36.4 Å². The maximum Gasteiger partial charge on any atom is 0.0659 e. The van der Waals surface area contributed by atoms with Gasteiger partial charge in [-0.2, -0.15) is 5.10 Å². The quantitative estimate of drug-likeness (QED) is 0.691. The van der Waals surface area contributed by atoms with Gasteiger partial charge < -0.3 is 0 Å². The Balaban J connectivity index is 2.08. The van der Waals surface area contributed by atoms with E-state index in [0.717, 1.165) is 13.0 Å². The monoisotopic (exact) mass is 198 g/mol. The van der Waals surface area contributed by atoms with Crippen LogP contribution in [0.1, 0.15) is 11.1 Å². The van der Waals surface area contributed by atoms with Crippen molar-refractivity contribution in [2.75, 3.05) is 0 Å². The Morgan fingerprint density at radius 2 is 2.00 bits per heavy atom. The zero-order valence-corrected chi connectivity index (χ0v) is 8.63. The van der Waals surface area contributed by atoms with Crippen LogP contribution in [0.4, 0.5) is 0 Å². The van der Waals surface area contributed by atoms with Crippen molar-refractivity contribution in [3.63, 3.8) is 0 Å². The highest BCUT2D eigenvalue weighted by molar-refractivity contribution is 5.16. The summed E-state index contributed by atoms with van der Waals surface area (Å²) in [5.74, 6) is 0. The SMILES string of the molecule is C=CCc1cnn(Cc2ccccc2)c1. The molecule has 1 heterocycles. The first-order valence-electron chi connectivity index (χ1n) is 5.04. The summed E-state index contributed by atoms with van der Waals surface area (Å²) in [4.78, 5) is 0. The molecule has 0 N–H and O–H groups in total. The van der Waals surface area contributed by atoms with E-state index in [2.05, 4.69) is 30.0 Å². The van der Waals surface area contributed by atoms with Gasteiger partial charge in [-0.3, -0.25) is 4.68 Å². The second-order valence-electron chi connectivity index (χ2n) is 3.52. The molecule has 0 saturated carbocycles. The summed E-state index contributed by atoms with van der Waals surface area (Å²) in [7, 11) is 0. The third-order valence-electron chi connectivity index (χ3n) is 2.25. The maximum absolute atomic E-state index is 4.30. The molecule has 1 aromatic carbocycles. The molecule has 0 unspecified atom stereocenters. The summed E-state index contributed by atoms with van der Waals surface area (Å²) < 4.78 is 1.95. The van der Waals surface area contributed by atoms with Crippen molar-refractivity contribution in [3.8, 4) is 0 Å². The van der Waals surface area contributed by atoms with Crippen molar-refractivity contribution in [2.45, 2.75) is 13.0 Å². The predicted octanol–water partition coefficient (Wildman–Crippen LogP) is 2.66. The summed E-state index contributed by atoms with van der Waals surface area (Å²) in [6.45, 7) is 4.54. The number of allylic oxidation sites excluding steroid dienone is 1. The van der Waals surface area contributed by atoms with E-state index in [1.807, 2.05) is 35.2 Å². The predicted molar refractivity (Wildman–Crippen MR) is 61.7 cm³/mol. The Kier molecular flexibility index (Phi) is 2.98. The van der Waals surface area contributed by atoms with Gasteiger partial charge in [0.15, 0.2) is 0 Å². The Labute approximate surface area is 89.9 Å². The summed E-state index contributed by atoms with van der Waals surface area (Å²) in [5.41, 5.74) is 2.48. The fraction of sp³-hybridized carbons (Fsp3) is 0.154. The van der Waals surface area contributed by atoms with Gasteiger partial charge in [-0.05, 0) is 17.5 Å². The summed E-state index contributed by atoms with van der Waals surface area (Å²) in [6, 6.07) is 10.3. The molecule has 0 bridgehead atoms. The van der Waals surface area contributed by atoms with E-state index in [1.165, 1.54) is 11.1 Å². The lowest BCUT2D eigenvalue weighted by Crippen LogP contribution is -1.99. The first-order valence-corrected chi connectivity index (χ1v) is 5.04. The number of hydrogen-bond donors (Lipinski definition) is 0. The zero-order valence-electron chi connectivity index (χ0n) is 8.63. The molecule has 0 spiro atoms. The normalized spacial score (nSPS) is 10.1. The van der Waals surface area contributed by atoms with E-state index in [1.54, 1.807) is 0 Å². The van der Waals surface area contributed by atoms with Crippen LogP contribution >= 0.6 is 0 Å². The van der Waals surface area contributed by atoms with Crippen LogP contribution in [-0.2, 0) is 13.0 Å². The van der Waals surface area contributed by atoms with Crippen LogP contribution in [0, 0.1) is 0 Å². The van der Waals surface area contributed by atoms with Crippen molar-refractivity contribution in [3.05, 3.63) is 66.5 Å². The Morgan fingerprint density at radius 1 is 1.20 bits per heavy atom. The van der Waals surface area contributed by atoms with Crippen LogP contribution in [0.25, 0.3) is 0 Å².